The fourth-order valence-electron chi connectivity index (χ4n) is 3.24. The van der Waals surface area contributed by atoms with Crippen molar-refractivity contribution in [3.63, 3.8) is 0 Å². The highest BCUT2D eigenvalue weighted by Gasteiger charge is 2.32. The lowest BCUT2D eigenvalue weighted by atomic mass is 10.1. The van der Waals surface area contributed by atoms with Gasteiger partial charge in [-0.2, -0.15) is 0 Å². The second kappa shape index (κ2) is 6.88. The monoisotopic (exact) mass is 346 g/mol. The Labute approximate surface area is 151 Å². The minimum Gasteiger partial charge on any atom is -0.459 e. The molecular weight excluding hydrogens is 328 g/mol. The Hall–Kier alpha value is -3.34. The molecule has 0 spiro atoms. The standard InChI is InChI=1S/C21H18N2O3/c24-19-13-16(14-23(19)17-9-5-2-6-10-17)22-21(25)20-18(11-12-26-20)15-7-3-1-4-8-15/h1-12,16H,13-14H2,(H,22,25)/t16-/m0/s1. The third-order valence-corrected chi connectivity index (χ3v) is 4.48. The molecule has 3 aromatic rings. The Morgan fingerprint density at radius 1 is 1.00 bits per heavy atom. The lowest BCUT2D eigenvalue weighted by Gasteiger charge is -2.17. The van der Waals surface area contributed by atoms with Gasteiger partial charge in [-0.15, -0.1) is 0 Å². The molecule has 1 fully saturated rings. The second-order valence-electron chi connectivity index (χ2n) is 6.24. The van der Waals surface area contributed by atoms with E-state index in [4.69, 9.17) is 4.42 Å². The van der Waals surface area contributed by atoms with Crippen molar-refractivity contribution >= 4 is 17.5 Å². The van der Waals surface area contributed by atoms with Crippen molar-refractivity contribution in [2.75, 3.05) is 11.4 Å². The molecule has 5 nitrogen and oxygen atoms in total. The molecule has 5 heteroatoms. The Balaban J connectivity index is 1.49. The van der Waals surface area contributed by atoms with Crippen LogP contribution in [0.2, 0.25) is 0 Å². The molecule has 1 N–H and O–H groups in total. The Kier molecular flexibility index (Phi) is 4.27. The fourth-order valence-corrected chi connectivity index (χ4v) is 3.24. The summed E-state index contributed by atoms with van der Waals surface area (Å²) in [5, 5.41) is 2.93. The predicted molar refractivity (Wildman–Crippen MR) is 98.8 cm³/mol. The van der Waals surface area contributed by atoms with Crippen LogP contribution in [0, 0.1) is 0 Å². The zero-order chi connectivity index (χ0) is 17.9. The summed E-state index contributed by atoms with van der Waals surface area (Å²) >= 11 is 0. The zero-order valence-electron chi connectivity index (χ0n) is 14.1. The zero-order valence-corrected chi connectivity index (χ0v) is 14.1. The number of rotatable bonds is 4. The predicted octanol–water partition coefficient (Wildman–Crippen LogP) is 3.48. The molecule has 2 amide bonds. The largest absolute Gasteiger partial charge is 0.459 e. The van der Waals surface area contributed by atoms with Gasteiger partial charge in [-0.3, -0.25) is 9.59 Å². The van der Waals surface area contributed by atoms with Crippen LogP contribution >= 0.6 is 0 Å². The number of benzene rings is 2. The number of hydrogen-bond donors (Lipinski definition) is 1. The molecule has 0 aliphatic carbocycles. The number of nitrogens with zero attached hydrogens (tertiary/aromatic N) is 1. The number of amides is 2. The van der Waals surface area contributed by atoms with Crippen molar-refractivity contribution in [2.24, 2.45) is 0 Å². The SMILES string of the molecule is O=C(N[C@H]1CC(=O)N(c2ccccc2)C1)c1occc1-c1ccccc1. The summed E-state index contributed by atoms with van der Waals surface area (Å²) in [5.74, 6) is -0.0346. The van der Waals surface area contributed by atoms with Gasteiger partial charge in [0.25, 0.3) is 5.91 Å². The molecule has 2 heterocycles. The second-order valence-corrected chi connectivity index (χ2v) is 6.24. The summed E-state index contributed by atoms with van der Waals surface area (Å²) in [6.07, 6.45) is 1.79. The minimum absolute atomic E-state index is 0.00391. The summed E-state index contributed by atoms with van der Waals surface area (Å²) in [5.41, 5.74) is 2.50. The summed E-state index contributed by atoms with van der Waals surface area (Å²) in [7, 11) is 0. The van der Waals surface area contributed by atoms with E-state index in [9.17, 15) is 9.59 Å². The molecular formula is C21H18N2O3. The number of para-hydroxylation sites is 1. The lowest BCUT2D eigenvalue weighted by molar-refractivity contribution is -0.117. The first-order valence-corrected chi connectivity index (χ1v) is 8.51. The van der Waals surface area contributed by atoms with Crippen LogP contribution in [0.15, 0.2) is 77.4 Å². The molecule has 0 saturated carbocycles. The number of nitrogens with one attached hydrogen (secondary N) is 1. The summed E-state index contributed by atoms with van der Waals surface area (Å²) in [6, 6.07) is 20.6. The van der Waals surface area contributed by atoms with E-state index >= 15 is 0 Å². The van der Waals surface area contributed by atoms with Crippen molar-refractivity contribution in [2.45, 2.75) is 12.5 Å². The first kappa shape index (κ1) is 16.1. The van der Waals surface area contributed by atoms with Gasteiger partial charge in [0.05, 0.1) is 12.3 Å². The van der Waals surface area contributed by atoms with E-state index in [1.807, 2.05) is 60.7 Å². The molecule has 1 aliphatic rings. The fraction of sp³-hybridized carbons (Fsp3) is 0.143. The van der Waals surface area contributed by atoms with Gasteiger partial charge < -0.3 is 14.6 Å². The van der Waals surface area contributed by atoms with Crippen molar-refractivity contribution in [1.82, 2.24) is 5.32 Å². The van der Waals surface area contributed by atoms with Gasteiger partial charge >= 0.3 is 0 Å². The molecule has 0 bridgehead atoms. The van der Waals surface area contributed by atoms with E-state index in [2.05, 4.69) is 5.32 Å². The topological polar surface area (TPSA) is 62.6 Å². The van der Waals surface area contributed by atoms with Gasteiger partial charge in [-0.05, 0) is 23.8 Å². The lowest BCUT2D eigenvalue weighted by Crippen LogP contribution is -2.37. The maximum atomic E-state index is 12.7. The molecule has 1 aliphatic heterocycles. The molecule has 26 heavy (non-hydrogen) atoms. The van der Waals surface area contributed by atoms with Crippen molar-refractivity contribution in [3.05, 3.63) is 78.8 Å². The summed E-state index contributed by atoms with van der Waals surface area (Å²) in [6.45, 7) is 0.454. The number of carbonyl (C=O) groups excluding carboxylic acids is 2. The molecule has 4 rings (SSSR count). The van der Waals surface area contributed by atoms with Gasteiger partial charge in [0.1, 0.15) is 0 Å². The van der Waals surface area contributed by atoms with Gasteiger partial charge in [0, 0.05) is 24.2 Å². The number of anilines is 1. The molecule has 0 radical (unpaired) electrons. The van der Waals surface area contributed by atoms with Gasteiger partial charge in [-0.1, -0.05) is 48.5 Å². The maximum absolute atomic E-state index is 12.7. The van der Waals surface area contributed by atoms with E-state index in [0.717, 1.165) is 16.8 Å². The summed E-state index contributed by atoms with van der Waals surface area (Å²) in [4.78, 5) is 26.7. The highest BCUT2D eigenvalue weighted by atomic mass is 16.3. The number of carbonyl (C=O) groups is 2. The minimum atomic E-state index is -0.304. The average Bonchev–Trinajstić information content (AvgIpc) is 3.30. The average molecular weight is 346 g/mol. The van der Waals surface area contributed by atoms with Gasteiger partial charge in [0.15, 0.2) is 5.76 Å². The van der Waals surface area contributed by atoms with Crippen molar-refractivity contribution in [3.8, 4) is 11.1 Å². The van der Waals surface area contributed by atoms with Crippen LogP contribution in [0.5, 0.6) is 0 Å². The van der Waals surface area contributed by atoms with Crippen LogP contribution in [0.1, 0.15) is 17.0 Å². The van der Waals surface area contributed by atoms with E-state index in [1.165, 1.54) is 6.26 Å². The van der Waals surface area contributed by atoms with Crippen LogP contribution in [0.25, 0.3) is 11.1 Å². The normalized spacial score (nSPS) is 16.7. The van der Waals surface area contributed by atoms with Crippen LogP contribution in [0.3, 0.4) is 0 Å². The van der Waals surface area contributed by atoms with Crippen LogP contribution in [-0.2, 0) is 4.79 Å². The molecule has 2 aromatic carbocycles. The highest BCUT2D eigenvalue weighted by Crippen LogP contribution is 2.26. The molecule has 1 saturated heterocycles. The molecule has 1 aromatic heterocycles. The molecule has 130 valence electrons. The molecule has 1 atom stereocenters. The van der Waals surface area contributed by atoms with E-state index < -0.39 is 0 Å². The number of furan rings is 1. The molecule has 0 unspecified atom stereocenters. The van der Waals surface area contributed by atoms with E-state index in [0.29, 0.717) is 6.54 Å². The van der Waals surface area contributed by atoms with Crippen LogP contribution < -0.4 is 10.2 Å². The van der Waals surface area contributed by atoms with Crippen LogP contribution in [0.4, 0.5) is 5.69 Å². The quantitative estimate of drug-likeness (QED) is 0.787. The van der Waals surface area contributed by atoms with Crippen molar-refractivity contribution < 1.29 is 14.0 Å². The Morgan fingerprint density at radius 2 is 1.69 bits per heavy atom. The van der Waals surface area contributed by atoms with Gasteiger partial charge in [0.2, 0.25) is 5.91 Å². The highest BCUT2D eigenvalue weighted by molar-refractivity contribution is 6.00. The maximum Gasteiger partial charge on any atom is 0.287 e. The Bertz CT molecular complexity index is 919. The first-order valence-electron chi connectivity index (χ1n) is 8.51. The third-order valence-electron chi connectivity index (χ3n) is 4.48. The smallest absolute Gasteiger partial charge is 0.287 e. The first-order chi connectivity index (χ1) is 12.7. The Morgan fingerprint density at radius 3 is 2.42 bits per heavy atom. The number of hydrogen-bond acceptors (Lipinski definition) is 3. The van der Waals surface area contributed by atoms with Crippen LogP contribution in [-0.4, -0.2) is 24.4 Å². The van der Waals surface area contributed by atoms with Gasteiger partial charge in [-0.25, -0.2) is 0 Å². The van der Waals surface area contributed by atoms with E-state index in [1.54, 1.807) is 11.0 Å². The van der Waals surface area contributed by atoms with E-state index in [-0.39, 0.29) is 30.0 Å². The van der Waals surface area contributed by atoms with Crippen molar-refractivity contribution in [1.29, 1.82) is 0 Å². The third kappa shape index (κ3) is 3.11. The summed E-state index contributed by atoms with van der Waals surface area (Å²) < 4.78 is 5.42.